The molecule has 0 atom stereocenters. The summed E-state index contributed by atoms with van der Waals surface area (Å²) in [6, 6.07) is 1.68. The third kappa shape index (κ3) is 4.20. The van der Waals surface area contributed by atoms with Gasteiger partial charge in [-0.2, -0.15) is 0 Å². The zero-order valence-corrected chi connectivity index (χ0v) is 14.0. The van der Waals surface area contributed by atoms with Gasteiger partial charge < -0.3 is 15.5 Å². The summed E-state index contributed by atoms with van der Waals surface area (Å²) in [5.41, 5.74) is 7.24. The first-order valence-electron chi connectivity index (χ1n) is 8.26. The van der Waals surface area contributed by atoms with Crippen molar-refractivity contribution in [1.82, 2.24) is 10.3 Å². The molecular formula is C17H23N3O2S. The van der Waals surface area contributed by atoms with Crippen molar-refractivity contribution in [3.8, 4) is 0 Å². The van der Waals surface area contributed by atoms with E-state index >= 15 is 0 Å². The second kappa shape index (κ2) is 7.75. The summed E-state index contributed by atoms with van der Waals surface area (Å²) in [6.45, 7) is 0.885. The van der Waals surface area contributed by atoms with Crippen molar-refractivity contribution in [2.24, 2.45) is 5.73 Å². The van der Waals surface area contributed by atoms with E-state index in [4.69, 9.17) is 15.1 Å². The second-order valence-corrected chi connectivity index (χ2v) is 6.96. The maximum absolute atomic E-state index is 12.0. The van der Waals surface area contributed by atoms with Crippen LogP contribution in [0.4, 0.5) is 0 Å². The fraction of sp³-hybridized carbons (Fsp3) is 0.529. The van der Waals surface area contributed by atoms with E-state index in [1.54, 1.807) is 17.4 Å². The lowest BCUT2D eigenvalue weighted by molar-refractivity contribution is 0.0953. The van der Waals surface area contributed by atoms with Crippen LogP contribution >= 0.6 is 11.3 Å². The Morgan fingerprint density at radius 1 is 1.39 bits per heavy atom. The number of carbonyl (C=O) groups excluding carboxylic acids is 1. The molecule has 5 nitrogen and oxygen atoms in total. The number of hydrogen-bond acceptors (Lipinski definition) is 5. The number of nitrogens with zero attached hydrogens (tertiary/aromatic N) is 1. The topological polar surface area (TPSA) is 81.2 Å². The SMILES string of the molecule is NCc1cc(C(=O)NCCc2nc(C3CCCCC3)cs2)co1. The van der Waals surface area contributed by atoms with E-state index in [9.17, 15) is 4.79 Å². The lowest BCUT2D eigenvalue weighted by Crippen LogP contribution is -2.25. The molecule has 2 heterocycles. The van der Waals surface area contributed by atoms with Gasteiger partial charge >= 0.3 is 0 Å². The summed E-state index contributed by atoms with van der Waals surface area (Å²) in [5, 5.41) is 6.19. The van der Waals surface area contributed by atoms with E-state index < -0.39 is 0 Å². The molecule has 0 bridgehead atoms. The van der Waals surface area contributed by atoms with Crippen LogP contribution in [-0.4, -0.2) is 17.4 Å². The Bertz CT molecular complexity index is 644. The van der Waals surface area contributed by atoms with Gasteiger partial charge in [-0.3, -0.25) is 4.79 Å². The van der Waals surface area contributed by atoms with Crippen LogP contribution in [0, 0.1) is 0 Å². The fourth-order valence-corrected chi connectivity index (χ4v) is 3.90. The predicted molar refractivity (Wildman–Crippen MR) is 90.6 cm³/mol. The quantitative estimate of drug-likeness (QED) is 0.850. The Morgan fingerprint density at radius 2 is 2.22 bits per heavy atom. The molecule has 2 aromatic heterocycles. The Labute approximate surface area is 140 Å². The summed E-state index contributed by atoms with van der Waals surface area (Å²) in [7, 11) is 0. The van der Waals surface area contributed by atoms with Crippen molar-refractivity contribution in [1.29, 1.82) is 0 Å². The Balaban J connectivity index is 1.47. The Morgan fingerprint density at radius 3 is 2.96 bits per heavy atom. The van der Waals surface area contributed by atoms with Gasteiger partial charge in [0.05, 0.1) is 22.8 Å². The minimum absolute atomic E-state index is 0.127. The van der Waals surface area contributed by atoms with Crippen LogP contribution in [0.2, 0.25) is 0 Å². The number of furan rings is 1. The van der Waals surface area contributed by atoms with Crippen molar-refractivity contribution >= 4 is 17.2 Å². The largest absolute Gasteiger partial charge is 0.467 e. The van der Waals surface area contributed by atoms with Gasteiger partial charge in [0.2, 0.25) is 0 Å². The molecule has 23 heavy (non-hydrogen) atoms. The van der Waals surface area contributed by atoms with Crippen molar-refractivity contribution in [2.45, 2.75) is 51.0 Å². The standard InChI is InChI=1S/C17H23N3O2S/c18-9-14-8-13(10-22-14)17(21)19-7-6-16-20-15(11-23-16)12-4-2-1-3-5-12/h8,10-12H,1-7,9,18H2,(H,19,21). The maximum Gasteiger partial charge on any atom is 0.254 e. The van der Waals surface area contributed by atoms with Gasteiger partial charge in [-0.25, -0.2) is 4.98 Å². The molecule has 1 aliphatic rings. The first kappa shape index (κ1) is 16.2. The van der Waals surface area contributed by atoms with Gasteiger partial charge in [0.25, 0.3) is 5.91 Å². The zero-order chi connectivity index (χ0) is 16.1. The molecule has 0 unspecified atom stereocenters. The highest BCUT2D eigenvalue weighted by Crippen LogP contribution is 2.33. The first-order valence-corrected chi connectivity index (χ1v) is 9.14. The lowest BCUT2D eigenvalue weighted by atomic mass is 9.87. The third-order valence-electron chi connectivity index (χ3n) is 4.33. The minimum Gasteiger partial charge on any atom is -0.467 e. The lowest BCUT2D eigenvalue weighted by Gasteiger charge is -2.19. The molecule has 1 aliphatic carbocycles. The minimum atomic E-state index is -0.127. The molecule has 3 rings (SSSR count). The van der Waals surface area contributed by atoms with Crippen LogP contribution in [0.3, 0.4) is 0 Å². The average molecular weight is 333 g/mol. The number of hydrogen-bond donors (Lipinski definition) is 2. The summed E-state index contributed by atoms with van der Waals surface area (Å²) in [4.78, 5) is 16.7. The smallest absolute Gasteiger partial charge is 0.254 e. The molecule has 1 fully saturated rings. The highest BCUT2D eigenvalue weighted by molar-refractivity contribution is 7.09. The van der Waals surface area contributed by atoms with Crippen molar-refractivity contribution < 1.29 is 9.21 Å². The van der Waals surface area contributed by atoms with E-state index in [0.717, 1.165) is 11.4 Å². The summed E-state index contributed by atoms with van der Waals surface area (Å²) in [5.74, 6) is 1.13. The normalized spacial score (nSPS) is 15.7. The predicted octanol–water partition coefficient (Wildman–Crippen LogP) is 3.22. The van der Waals surface area contributed by atoms with E-state index in [1.807, 2.05) is 0 Å². The molecule has 0 aliphatic heterocycles. The summed E-state index contributed by atoms with van der Waals surface area (Å²) < 4.78 is 5.17. The number of amides is 1. The van der Waals surface area contributed by atoms with Crippen LogP contribution < -0.4 is 11.1 Å². The van der Waals surface area contributed by atoms with Crippen LogP contribution in [0.5, 0.6) is 0 Å². The van der Waals surface area contributed by atoms with E-state index in [0.29, 0.717) is 30.3 Å². The number of aromatic nitrogens is 1. The van der Waals surface area contributed by atoms with E-state index in [-0.39, 0.29) is 5.91 Å². The van der Waals surface area contributed by atoms with Crippen LogP contribution in [0.15, 0.2) is 22.1 Å². The van der Waals surface area contributed by atoms with Gasteiger partial charge in [0, 0.05) is 24.3 Å². The molecule has 6 heteroatoms. The van der Waals surface area contributed by atoms with Gasteiger partial charge in [-0.15, -0.1) is 11.3 Å². The fourth-order valence-electron chi connectivity index (χ4n) is 3.02. The second-order valence-electron chi connectivity index (χ2n) is 6.01. The number of rotatable bonds is 6. The molecule has 0 spiro atoms. The van der Waals surface area contributed by atoms with Crippen LogP contribution in [-0.2, 0) is 13.0 Å². The van der Waals surface area contributed by atoms with Crippen molar-refractivity contribution in [3.63, 3.8) is 0 Å². The number of nitrogens with one attached hydrogen (secondary N) is 1. The molecule has 2 aromatic rings. The number of carbonyl (C=O) groups is 1. The molecule has 124 valence electrons. The number of thiazole rings is 1. The molecule has 0 saturated heterocycles. The van der Waals surface area contributed by atoms with Gasteiger partial charge in [-0.05, 0) is 18.9 Å². The maximum atomic E-state index is 12.0. The monoisotopic (exact) mass is 333 g/mol. The van der Waals surface area contributed by atoms with Gasteiger partial charge in [0.15, 0.2) is 0 Å². The van der Waals surface area contributed by atoms with E-state index in [1.165, 1.54) is 44.1 Å². The average Bonchev–Trinajstić information content (AvgIpc) is 3.25. The molecule has 1 saturated carbocycles. The summed E-state index contributed by atoms with van der Waals surface area (Å²) in [6.07, 6.45) is 8.76. The van der Waals surface area contributed by atoms with Crippen LogP contribution in [0.1, 0.15) is 64.8 Å². The highest BCUT2D eigenvalue weighted by atomic mass is 32.1. The Hall–Kier alpha value is -1.66. The summed E-state index contributed by atoms with van der Waals surface area (Å²) >= 11 is 1.70. The molecule has 3 N–H and O–H groups in total. The third-order valence-corrected chi connectivity index (χ3v) is 5.26. The molecule has 0 aromatic carbocycles. The molecule has 0 radical (unpaired) electrons. The van der Waals surface area contributed by atoms with Gasteiger partial charge in [0.1, 0.15) is 12.0 Å². The highest BCUT2D eigenvalue weighted by Gasteiger charge is 2.18. The van der Waals surface area contributed by atoms with Crippen molar-refractivity contribution in [2.75, 3.05) is 6.54 Å². The van der Waals surface area contributed by atoms with Gasteiger partial charge in [-0.1, -0.05) is 19.3 Å². The first-order chi connectivity index (χ1) is 11.3. The zero-order valence-electron chi connectivity index (χ0n) is 13.2. The Kier molecular flexibility index (Phi) is 5.46. The number of nitrogens with two attached hydrogens (primary N) is 1. The molecule has 1 amide bonds. The van der Waals surface area contributed by atoms with Crippen molar-refractivity contribution in [3.05, 3.63) is 39.7 Å². The van der Waals surface area contributed by atoms with Crippen LogP contribution in [0.25, 0.3) is 0 Å². The van der Waals surface area contributed by atoms with E-state index in [2.05, 4.69) is 10.7 Å². The molecular weight excluding hydrogens is 310 g/mol.